The summed E-state index contributed by atoms with van der Waals surface area (Å²) in [6, 6.07) is 16.7. The van der Waals surface area contributed by atoms with Gasteiger partial charge in [0.05, 0.1) is 5.71 Å². The molecule has 2 N–H and O–H groups in total. The fourth-order valence-electron chi connectivity index (χ4n) is 3.22. The van der Waals surface area contributed by atoms with Crippen LogP contribution in [0.4, 0.5) is 0 Å². The number of carbonyl (C=O) groups excluding carboxylic acids is 1. The van der Waals surface area contributed by atoms with Crippen molar-refractivity contribution in [1.82, 2.24) is 9.80 Å². The van der Waals surface area contributed by atoms with E-state index in [0.29, 0.717) is 6.42 Å². The quantitative estimate of drug-likeness (QED) is 0.763. The summed E-state index contributed by atoms with van der Waals surface area (Å²) in [4.78, 5) is 20.9. The first-order valence-electron chi connectivity index (χ1n) is 9.48. The standard InChI is InChI=1S/C22H28N4O2/c1-25(2)12-13-26(3)15-18-6-4-5-7-19(18)16-8-10-17(11-9-16)20-14-21(22(23)27)28-24-20/h4-11,21H,12-15H2,1-3H3,(H2,23,27). The third-order valence-corrected chi connectivity index (χ3v) is 4.90. The Kier molecular flexibility index (Phi) is 6.44. The van der Waals surface area contributed by atoms with Gasteiger partial charge in [0.15, 0.2) is 0 Å². The fourth-order valence-corrected chi connectivity index (χ4v) is 3.22. The number of oxime groups is 1. The summed E-state index contributed by atoms with van der Waals surface area (Å²) >= 11 is 0. The summed E-state index contributed by atoms with van der Waals surface area (Å²) in [5.74, 6) is -0.484. The number of likely N-dealkylation sites (N-methyl/N-ethyl adjacent to an activating group) is 2. The number of nitrogens with two attached hydrogens (primary N) is 1. The smallest absolute Gasteiger partial charge is 0.261 e. The Labute approximate surface area is 166 Å². The molecule has 2 aromatic rings. The fraction of sp³-hybridized carbons (Fsp3) is 0.364. The molecule has 0 aromatic heterocycles. The van der Waals surface area contributed by atoms with Gasteiger partial charge in [-0.2, -0.15) is 0 Å². The van der Waals surface area contributed by atoms with Crippen LogP contribution in [0.5, 0.6) is 0 Å². The second-order valence-electron chi connectivity index (χ2n) is 7.51. The van der Waals surface area contributed by atoms with E-state index in [-0.39, 0.29) is 0 Å². The van der Waals surface area contributed by atoms with Crippen LogP contribution in [0.1, 0.15) is 17.5 Å². The summed E-state index contributed by atoms with van der Waals surface area (Å²) in [5, 5.41) is 4.01. The molecule has 3 rings (SSSR count). The molecule has 0 bridgehead atoms. The third-order valence-electron chi connectivity index (χ3n) is 4.90. The number of hydrogen-bond donors (Lipinski definition) is 1. The number of hydrogen-bond acceptors (Lipinski definition) is 5. The summed E-state index contributed by atoms with van der Waals surface area (Å²) in [6.07, 6.45) is -0.241. The Morgan fingerprint density at radius 1 is 1.07 bits per heavy atom. The van der Waals surface area contributed by atoms with Crippen LogP contribution in [0, 0.1) is 0 Å². The van der Waals surface area contributed by atoms with Gasteiger partial charge in [0.2, 0.25) is 6.10 Å². The monoisotopic (exact) mass is 380 g/mol. The number of primary amides is 1. The van der Waals surface area contributed by atoms with E-state index in [9.17, 15) is 4.79 Å². The number of amides is 1. The van der Waals surface area contributed by atoms with E-state index in [1.165, 1.54) is 11.1 Å². The van der Waals surface area contributed by atoms with Gasteiger partial charge in [-0.25, -0.2) is 0 Å². The van der Waals surface area contributed by atoms with E-state index in [4.69, 9.17) is 10.6 Å². The second kappa shape index (κ2) is 8.99. The lowest BCUT2D eigenvalue weighted by Crippen LogP contribution is -2.28. The van der Waals surface area contributed by atoms with Crippen molar-refractivity contribution in [1.29, 1.82) is 0 Å². The molecule has 1 aliphatic heterocycles. The van der Waals surface area contributed by atoms with Crippen molar-refractivity contribution < 1.29 is 9.63 Å². The molecule has 2 aromatic carbocycles. The van der Waals surface area contributed by atoms with Crippen LogP contribution in [0.3, 0.4) is 0 Å². The zero-order valence-electron chi connectivity index (χ0n) is 16.8. The molecular formula is C22H28N4O2. The largest absolute Gasteiger partial charge is 0.382 e. The Morgan fingerprint density at radius 3 is 2.39 bits per heavy atom. The minimum absolute atomic E-state index is 0.419. The Morgan fingerprint density at radius 2 is 1.75 bits per heavy atom. The first kappa shape index (κ1) is 20.0. The average molecular weight is 380 g/mol. The maximum absolute atomic E-state index is 11.2. The molecule has 1 heterocycles. The van der Waals surface area contributed by atoms with Crippen molar-refractivity contribution in [2.24, 2.45) is 10.9 Å². The molecule has 0 saturated carbocycles. The first-order valence-corrected chi connectivity index (χ1v) is 9.48. The number of nitrogens with zero attached hydrogens (tertiary/aromatic N) is 3. The van der Waals surface area contributed by atoms with Gasteiger partial charge in [-0.3, -0.25) is 4.79 Å². The van der Waals surface area contributed by atoms with Crippen LogP contribution >= 0.6 is 0 Å². The van der Waals surface area contributed by atoms with Crippen molar-refractivity contribution in [3.63, 3.8) is 0 Å². The van der Waals surface area contributed by atoms with Gasteiger partial charge in [0.25, 0.3) is 5.91 Å². The number of carbonyl (C=O) groups is 1. The van der Waals surface area contributed by atoms with Crippen molar-refractivity contribution in [3.05, 3.63) is 59.7 Å². The highest BCUT2D eigenvalue weighted by Gasteiger charge is 2.26. The van der Waals surface area contributed by atoms with Crippen LogP contribution in [-0.4, -0.2) is 61.8 Å². The molecule has 1 aliphatic rings. The summed E-state index contributed by atoms with van der Waals surface area (Å²) in [6.45, 7) is 2.94. The normalized spacial score (nSPS) is 16.3. The topological polar surface area (TPSA) is 71.2 Å². The zero-order chi connectivity index (χ0) is 20.1. The summed E-state index contributed by atoms with van der Waals surface area (Å²) in [7, 11) is 6.33. The van der Waals surface area contributed by atoms with Crippen LogP contribution in [-0.2, 0) is 16.2 Å². The van der Waals surface area contributed by atoms with E-state index in [0.717, 1.165) is 36.5 Å². The van der Waals surface area contributed by atoms with Crippen molar-refractivity contribution in [2.75, 3.05) is 34.2 Å². The number of benzene rings is 2. The van der Waals surface area contributed by atoms with Gasteiger partial charge in [-0.1, -0.05) is 53.7 Å². The predicted molar refractivity (Wildman–Crippen MR) is 112 cm³/mol. The molecule has 0 spiro atoms. The average Bonchev–Trinajstić information content (AvgIpc) is 3.18. The molecule has 28 heavy (non-hydrogen) atoms. The SMILES string of the molecule is CN(C)CCN(C)Cc1ccccc1-c1ccc(C2=NOC(C(N)=O)C2)cc1. The first-order chi connectivity index (χ1) is 13.4. The van der Waals surface area contributed by atoms with Crippen LogP contribution in [0.25, 0.3) is 11.1 Å². The lowest BCUT2D eigenvalue weighted by atomic mass is 9.96. The highest BCUT2D eigenvalue weighted by molar-refractivity contribution is 6.04. The van der Waals surface area contributed by atoms with Crippen LogP contribution in [0.15, 0.2) is 53.7 Å². The molecule has 6 heteroatoms. The molecule has 0 saturated heterocycles. The van der Waals surface area contributed by atoms with E-state index in [2.05, 4.69) is 72.5 Å². The minimum atomic E-state index is -0.659. The van der Waals surface area contributed by atoms with Gasteiger partial charge in [-0.15, -0.1) is 0 Å². The highest BCUT2D eigenvalue weighted by atomic mass is 16.6. The molecule has 0 aliphatic carbocycles. The predicted octanol–water partition coefficient (Wildman–Crippen LogP) is 2.33. The van der Waals surface area contributed by atoms with E-state index in [1.54, 1.807) is 0 Å². The van der Waals surface area contributed by atoms with Gasteiger partial charge in [-0.05, 0) is 43.4 Å². The number of rotatable bonds is 8. The molecule has 0 radical (unpaired) electrons. The van der Waals surface area contributed by atoms with Crippen molar-refractivity contribution in [2.45, 2.75) is 19.1 Å². The molecule has 0 fully saturated rings. The molecule has 1 unspecified atom stereocenters. The molecule has 6 nitrogen and oxygen atoms in total. The van der Waals surface area contributed by atoms with Crippen molar-refractivity contribution >= 4 is 11.6 Å². The maximum atomic E-state index is 11.2. The van der Waals surface area contributed by atoms with E-state index >= 15 is 0 Å². The lowest BCUT2D eigenvalue weighted by Gasteiger charge is -2.21. The highest BCUT2D eigenvalue weighted by Crippen LogP contribution is 2.26. The molecule has 1 amide bonds. The van der Waals surface area contributed by atoms with Gasteiger partial charge >= 0.3 is 0 Å². The van der Waals surface area contributed by atoms with Crippen LogP contribution in [0.2, 0.25) is 0 Å². The zero-order valence-corrected chi connectivity index (χ0v) is 16.8. The van der Waals surface area contributed by atoms with Gasteiger partial charge < -0.3 is 20.4 Å². The Bertz CT molecular complexity index is 846. The van der Waals surface area contributed by atoms with E-state index in [1.807, 2.05) is 12.1 Å². The van der Waals surface area contributed by atoms with Crippen LogP contribution < -0.4 is 5.73 Å². The summed E-state index contributed by atoms with van der Waals surface area (Å²) in [5.41, 5.74) is 10.7. The van der Waals surface area contributed by atoms with E-state index < -0.39 is 12.0 Å². The van der Waals surface area contributed by atoms with Crippen molar-refractivity contribution in [3.8, 4) is 11.1 Å². The third kappa shape index (κ3) is 4.97. The van der Waals surface area contributed by atoms with Gasteiger partial charge in [0.1, 0.15) is 0 Å². The summed E-state index contributed by atoms with van der Waals surface area (Å²) < 4.78 is 0. The molecule has 148 valence electrons. The molecule has 1 atom stereocenters. The Hall–Kier alpha value is -2.70. The molecular weight excluding hydrogens is 352 g/mol. The second-order valence-corrected chi connectivity index (χ2v) is 7.51. The lowest BCUT2D eigenvalue weighted by molar-refractivity contribution is -0.127. The maximum Gasteiger partial charge on any atom is 0.261 e. The Balaban J connectivity index is 1.73. The van der Waals surface area contributed by atoms with Gasteiger partial charge in [0, 0.05) is 26.1 Å². The minimum Gasteiger partial charge on any atom is -0.382 e.